The third-order valence-corrected chi connectivity index (χ3v) is 8.77. The number of carbonyl (C=O) groups excluding carboxylic acids is 1. The number of amides is 1. The molecule has 7 nitrogen and oxygen atoms in total. The highest BCUT2D eigenvalue weighted by molar-refractivity contribution is 7.89. The second kappa shape index (κ2) is 10.1. The van der Waals surface area contributed by atoms with Gasteiger partial charge in [0, 0.05) is 31.6 Å². The molecule has 0 radical (unpaired) electrons. The van der Waals surface area contributed by atoms with Gasteiger partial charge in [-0.25, -0.2) is 8.42 Å². The Labute approximate surface area is 197 Å². The van der Waals surface area contributed by atoms with E-state index < -0.39 is 10.0 Å². The second-order valence-corrected chi connectivity index (χ2v) is 10.6. The average Bonchev–Trinajstić information content (AvgIpc) is 2.81. The predicted molar refractivity (Wildman–Crippen MR) is 128 cm³/mol. The van der Waals surface area contributed by atoms with Gasteiger partial charge in [-0.05, 0) is 80.5 Å². The van der Waals surface area contributed by atoms with Crippen LogP contribution in [0.5, 0.6) is 11.5 Å². The topological polar surface area (TPSA) is 84.9 Å². The number of aryl methyl sites for hydroxylation is 2. The van der Waals surface area contributed by atoms with E-state index in [-0.39, 0.29) is 11.8 Å². The van der Waals surface area contributed by atoms with Crippen LogP contribution in [0.3, 0.4) is 0 Å². The fraction of sp³-hybridized carbons (Fsp3) is 0.480. The lowest BCUT2D eigenvalue weighted by Gasteiger charge is -2.32. The van der Waals surface area contributed by atoms with Gasteiger partial charge in [0.05, 0.1) is 19.1 Å². The van der Waals surface area contributed by atoms with Gasteiger partial charge in [-0.15, -0.1) is 0 Å². The SMILES string of the molecule is COc1cc(CNC(=O)C2CCN(S(=O)(=O)c3c(C)c(C)cc(C)c3C)CC2)cc(OC)c1. The molecule has 1 saturated heterocycles. The van der Waals surface area contributed by atoms with Crippen LogP contribution in [0.4, 0.5) is 0 Å². The first kappa shape index (κ1) is 25.1. The zero-order valence-corrected chi connectivity index (χ0v) is 21.1. The molecule has 2 aromatic rings. The molecular weight excluding hydrogens is 440 g/mol. The molecule has 0 spiro atoms. The van der Waals surface area contributed by atoms with Gasteiger partial charge in [-0.2, -0.15) is 4.31 Å². The van der Waals surface area contributed by atoms with Crippen molar-refractivity contribution >= 4 is 15.9 Å². The van der Waals surface area contributed by atoms with Crippen LogP contribution in [0.2, 0.25) is 0 Å². The summed E-state index contributed by atoms with van der Waals surface area (Å²) in [5.74, 6) is 1.04. The number of piperidine rings is 1. The minimum Gasteiger partial charge on any atom is -0.497 e. The summed E-state index contributed by atoms with van der Waals surface area (Å²) in [7, 11) is -0.448. The van der Waals surface area contributed by atoms with E-state index in [0.29, 0.717) is 48.9 Å². The van der Waals surface area contributed by atoms with Gasteiger partial charge in [0.1, 0.15) is 11.5 Å². The number of ether oxygens (including phenoxy) is 2. The van der Waals surface area contributed by atoms with Crippen molar-refractivity contribution in [3.63, 3.8) is 0 Å². The maximum atomic E-state index is 13.4. The third kappa shape index (κ3) is 5.33. The van der Waals surface area contributed by atoms with E-state index in [4.69, 9.17) is 9.47 Å². The lowest BCUT2D eigenvalue weighted by Crippen LogP contribution is -2.43. The molecule has 1 aliphatic heterocycles. The standard InChI is InChI=1S/C25H34N2O5S/c1-16-11-17(2)19(4)24(18(16)3)33(29,30)27-9-7-21(8-10-27)25(28)26-15-20-12-22(31-5)14-23(13-20)32-6/h11-14,21H,7-10,15H2,1-6H3,(H,26,28). The van der Waals surface area contributed by atoms with Crippen molar-refractivity contribution in [1.29, 1.82) is 0 Å². The first-order valence-corrected chi connectivity index (χ1v) is 12.6. The fourth-order valence-electron chi connectivity index (χ4n) is 4.36. The average molecular weight is 475 g/mol. The van der Waals surface area contributed by atoms with Crippen LogP contribution in [0.1, 0.15) is 40.7 Å². The fourth-order valence-corrected chi connectivity index (χ4v) is 6.40. The molecule has 180 valence electrons. The molecule has 33 heavy (non-hydrogen) atoms. The van der Waals surface area contributed by atoms with Gasteiger partial charge >= 0.3 is 0 Å². The Balaban J connectivity index is 1.65. The first-order chi connectivity index (χ1) is 15.6. The second-order valence-electron chi connectivity index (χ2n) is 8.71. The molecule has 0 aliphatic carbocycles. The van der Waals surface area contributed by atoms with Gasteiger partial charge in [-0.1, -0.05) is 6.07 Å². The molecule has 0 atom stereocenters. The third-order valence-electron chi connectivity index (χ3n) is 6.60. The van der Waals surface area contributed by atoms with Crippen molar-refractivity contribution in [2.75, 3.05) is 27.3 Å². The van der Waals surface area contributed by atoms with Crippen molar-refractivity contribution in [3.05, 3.63) is 52.1 Å². The highest BCUT2D eigenvalue weighted by Crippen LogP contribution is 2.31. The maximum Gasteiger partial charge on any atom is 0.243 e. The summed E-state index contributed by atoms with van der Waals surface area (Å²) in [4.78, 5) is 13.2. The van der Waals surface area contributed by atoms with Crippen molar-refractivity contribution < 1.29 is 22.7 Å². The largest absolute Gasteiger partial charge is 0.497 e. The number of nitrogens with one attached hydrogen (secondary N) is 1. The smallest absolute Gasteiger partial charge is 0.243 e. The molecule has 3 rings (SSSR count). The Morgan fingerprint density at radius 3 is 1.94 bits per heavy atom. The minimum atomic E-state index is -3.61. The number of hydrogen-bond acceptors (Lipinski definition) is 5. The van der Waals surface area contributed by atoms with Crippen LogP contribution < -0.4 is 14.8 Å². The number of nitrogens with zero attached hydrogens (tertiary/aromatic N) is 1. The number of carbonyl (C=O) groups is 1. The molecule has 8 heteroatoms. The van der Waals surface area contributed by atoms with E-state index in [1.54, 1.807) is 20.3 Å². The zero-order chi connectivity index (χ0) is 24.3. The van der Waals surface area contributed by atoms with Crippen LogP contribution in [0.25, 0.3) is 0 Å². The van der Waals surface area contributed by atoms with Crippen LogP contribution in [0.15, 0.2) is 29.2 Å². The number of rotatable bonds is 7. The van der Waals surface area contributed by atoms with Crippen LogP contribution in [0, 0.1) is 33.6 Å². The summed E-state index contributed by atoms with van der Waals surface area (Å²) in [5, 5.41) is 2.97. The summed E-state index contributed by atoms with van der Waals surface area (Å²) >= 11 is 0. The van der Waals surface area contributed by atoms with E-state index in [1.807, 2.05) is 45.9 Å². The molecule has 0 unspecified atom stereocenters. The lowest BCUT2D eigenvalue weighted by molar-refractivity contribution is -0.126. The van der Waals surface area contributed by atoms with Gasteiger partial charge in [0.15, 0.2) is 0 Å². The zero-order valence-electron chi connectivity index (χ0n) is 20.3. The highest BCUT2D eigenvalue weighted by atomic mass is 32.2. The quantitative estimate of drug-likeness (QED) is 0.662. The Bertz CT molecular complexity index is 1090. The molecule has 1 N–H and O–H groups in total. The molecule has 1 aliphatic rings. The van der Waals surface area contributed by atoms with Gasteiger partial charge < -0.3 is 14.8 Å². The monoisotopic (exact) mass is 474 g/mol. The Morgan fingerprint density at radius 1 is 0.939 bits per heavy atom. The summed E-state index contributed by atoms with van der Waals surface area (Å²) in [5.41, 5.74) is 4.42. The number of sulfonamides is 1. The normalized spacial score (nSPS) is 15.3. The summed E-state index contributed by atoms with van der Waals surface area (Å²) in [6.07, 6.45) is 0.991. The molecule has 2 aromatic carbocycles. The van der Waals surface area contributed by atoms with Gasteiger partial charge in [0.25, 0.3) is 0 Å². The van der Waals surface area contributed by atoms with Gasteiger partial charge in [0.2, 0.25) is 15.9 Å². The molecule has 0 aromatic heterocycles. The van der Waals surface area contributed by atoms with Gasteiger partial charge in [-0.3, -0.25) is 4.79 Å². The summed E-state index contributed by atoms with van der Waals surface area (Å²) < 4.78 is 39.0. The lowest BCUT2D eigenvalue weighted by atomic mass is 9.97. The Kier molecular flexibility index (Phi) is 7.69. The van der Waals surface area contributed by atoms with Crippen molar-refractivity contribution in [1.82, 2.24) is 9.62 Å². The maximum absolute atomic E-state index is 13.4. The Hall–Kier alpha value is -2.58. The van der Waals surface area contributed by atoms with Crippen LogP contribution >= 0.6 is 0 Å². The molecule has 1 heterocycles. The van der Waals surface area contributed by atoms with E-state index in [9.17, 15) is 13.2 Å². The van der Waals surface area contributed by atoms with E-state index in [1.165, 1.54) is 4.31 Å². The Morgan fingerprint density at radius 2 is 1.45 bits per heavy atom. The first-order valence-electron chi connectivity index (χ1n) is 11.2. The minimum absolute atomic E-state index is 0.0624. The molecule has 0 bridgehead atoms. The molecular formula is C25H34N2O5S. The molecule has 0 saturated carbocycles. The highest BCUT2D eigenvalue weighted by Gasteiger charge is 2.34. The number of methoxy groups -OCH3 is 2. The van der Waals surface area contributed by atoms with Crippen LogP contribution in [-0.2, 0) is 21.4 Å². The van der Waals surface area contributed by atoms with E-state index in [0.717, 1.165) is 27.8 Å². The van der Waals surface area contributed by atoms with Crippen LogP contribution in [-0.4, -0.2) is 45.9 Å². The summed E-state index contributed by atoms with van der Waals surface area (Å²) in [6, 6.07) is 7.51. The van der Waals surface area contributed by atoms with E-state index in [2.05, 4.69) is 5.32 Å². The van der Waals surface area contributed by atoms with Crippen molar-refractivity contribution in [3.8, 4) is 11.5 Å². The van der Waals surface area contributed by atoms with E-state index >= 15 is 0 Å². The number of benzene rings is 2. The predicted octanol–water partition coefficient (Wildman–Crippen LogP) is 3.65. The summed E-state index contributed by atoms with van der Waals surface area (Å²) in [6.45, 7) is 8.62. The van der Waals surface area contributed by atoms with Crippen molar-refractivity contribution in [2.24, 2.45) is 5.92 Å². The molecule has 1 fully saturated rings. The van der Waals surface area contributed by atoms with Crippen molar-refractivity contribution in [2.45, 2.75) is 52.0 Å². The number of hydrogen-bond donors (Lipinski definition) is 1. The molecule has 1 amide bonds.